The Morgan fingerprint density at radius 3 is 2.05 bits per heavy atom. The van der Waals surface area contributed by atoms with E-state index < -0.39 is 35.7 Å². The summed E-state index contributed by atoms with van der Waals surface area (Å²) in [5, 5.41) is 18.9. The lowest BCUT2D eigenvalue weighted by atomic mass is 9.78. The lowest BCUT2D eigenvalue weighted by Crippen LogP contribution is -2.54. The number of amides is 2. The van der Waals surface area contributed by atoms with Crippen LogP contribution in [0.5, 0.6) is 0 Å². The zero-order valence-corrected chi connectivity index (χ0v) is 9.95. The van der Waals surface area contributed by atoms with E-state index in [1.54, 1.807) is 18.2 Å². The maximum Gasteiger partial charge on any atom is 0.306 e. The fourth-order valence-corrected chi connectivity index (χ4v) is 1.88. The molecular weight excluding hydrogens is 252 g/mol. The molecule has 0 spiro atoms. The molecule has 6 N–H and O–H groups in total. The SMILES string of the molecule is NC(=O)C(c1ccccc1)C(O)(CC(=O)O)C(N)=O. The van der Waals surface area contributed by atoms with Crippen LogP contribution in [0.2, 0.25) is 0 Å². The molecule has 0 aliphatic carbocycles. The number of hydrogen-bond donors (Lipinski definition) is 4. The molecule has 0 radical (unpaired) electrons. The number of benzene rings is 1. The zero-order valence-electron chi connectivity index (χ0n) is 9.95. The highest BCUT2D eigenvalue weighted by Crippen LogP contribution is 2.31. The first-order valence-electron chi connectivity index (χ1n) is 5.37. The monoisotopic (exact) mass is 266 g/mol. The van der Waals surface area contributed by atoms with Crippen LogP contribution in [-0.4, -0.2) is 33.6 Å². The minimum Gasteiger partial charge on any atom is -0.481 e. The maximum atomic E-state index is 11.5. The number of carbonyl (C=O) groups excluding carboxylic acids is 2. The number of rotatable bonds is 6. The molecule has 0 aliphatic rings. The molecule has 2 amide bonds. The van der Waals surface area contributed by atoms with Crippen LogP contribution >= 0.6 is 0 Å². The van der Waals surface area contributed by atoms with E-state index in [4.69, 9.17) is 16.6 Å². The number of nitrogens with two attached hydrogens (primary N) is 2. The Balaban J connectivity index is 3.33. The largest absolute Gasteiger partial charge is 0.481 e. The van der Waals surface area contributed by atoms with E-state index in [0.29, 0.717) is 0 Å². The third-order valence-corrected chi connectivity index (χ3v) is 2.74. The van der Waals surface area contributed by atoms with Crippen molar-refractivity contribution in [2.45, 2.75) is 17.9 Å². The summed E-state index contributed by atoms with van der Waals surface area (Å²) in [5.41, 5.74) is 7.85. The Morgan fingerprint density at radius 1 is 1.16 bits per heavy atom. The Bertz CT molecular complexity index is 502. The summed E-state index contributed by atoms with van der Waals surface area (Å²) in [6.07, 6.45) is -1.01. The van der Waals surface area contributed by atoms with E-state index in [1.807, 2.05) is 0 Å². The Morgan fingerprint density at radius 2 is 1.68 bits per heavy atom. The van der Waals surface area contributed by atoms with Gasteiger partial charge >= 0.3 is 5.97 Å². The van der Waals surface area contributed by atoms with Crippen molar-refractivity contribution < 1.29 is 24.6 Å². The lowest BCUT2D eigenvalue weighted by Gasteiger charge is -2.30. The van der Waals surface area contributed by atoms with E-state index >= 15 is 0 Å². The van der Waals surface area contributed by atoms with Crippen molar-refractivity contribution in [2.24, 2.45) is 11.5 Å². The molecule has 19 heavy (non-hydrogen) atoms. The van der Waals surface area contributed by atoms with Crippen LogP contribution in [0.15, 0.2) is 30.3 Å². The van der Waals surface area contributed by atoms with Gasteiger partial charge in [0.2, 0.25) is 5.91 Å². The van der Waals surface area contributed by atoms with Gasteiger partial charge in [-0.25, -0.2) is 0 Å². The normalized spacial score (nSPS) is 15.2. The molecule has 0 aromatic heterocycles. The van der Waals surface area contributed by atoms with Gasteiger partial charge in [-0.05, 0) is 5.56 Å². The zero-order chi connectivity index (χ0) is 14.6. The predicted molar refractivity (Wildman–Crippen MR) is 64.8 cm³/mol. The first-order valence-corrected chi connectivity index (χ1v) is 5.37. The minimum absolute atomic E-state index is 0.220. The van der Waals surface area contributed by atoms with Crippen LogP contribution in [0.25, 0.3) is 0 Å². The second-order valence-corrected chi connectivity index (χ2v) is 4.11. The van der Waals surface area contributed by atoms with Crippen molar-refractivity contribution in [3.05, 3.63) is 35.9 Å². The molecule has 0 fully saturated rings. The molecule has 1 aromatic carbocycles. The van der Waals surface area contributed by atoms with Crippen molar-refractivity contribution in [3.8, 4) is 0 Å². The minimum atomic E-state index is -2.57. The standard InChI is InChI=1S/C12H14N2O5/c13-10(17)9(7-4-2-1-3-5-7)12(19,11(14)18)6-8(15)16/h1-5,9,19H,6H2,(H2,13,17)(H2,14,18)(H,15,16). The highest BCUT2D eigenvalue weighted by atomic mass is 16.4. The molecule has 1 rings (SSSR count). The Labute approximate surface area is 108 Å². The van der Waals surface area contributed by atoms with Crippen molar-refractivity contribution in [1.29, 1.82) is 0 Å². The second kappa shape index (κ2) is 5.49. The summed E-state index contributed by atoms with van der Waals surface area (Å²) in [6.45, 7) is 0. The fourth-order valence-electron chi connectivity index (χ4n) is 1.88. The van der Waals surface area contributed by atoms with Crippen LogP contribution in [0.1, 0.15) is 17.9 Å². The number of carboxylic acid groups (broad SMARTS) is 1. The fraction of sp³-hybridized carbons (Fsp3) is 0.250. The van der Waals surface area contributed by atoms with Gasteiger partial charge in [0.25, 0.3) is 5.91 Å². The highest BCUT2D eigenvalue weighted by Gasteiger charge is 2.48. The molecule has 0 bridgehead atoms. The summed E-state index contributed by atoms with van der Waals surface area (Å²) in [7, 11) is 0. The summed E-state index contributed by atoms with van der Waals surface area (Å²) in [6, 6.07) is 7.68. The van der Waals surface area contributed by atoms with E-state index in [2.05, 4.69) is 0 Å². The molecule has 0 saturated heterocycles. The Hall–Kier alpha value is -2.41. The summed E-state index contributed by atoms with van der Waals surface area (Å²) >= 11 is 0. The molecule has 0 saturated carbocycles. The highest BCUT2D eigenvalue weighted by molar-refractivity contribution is 5.97. The van der Waals surface area contributed by atoms with E-state index in [1.165, 1.54) is 12.1 Å². The van der Waals surface area contributed by atoms with Gasteiger partial charge in [-0.1, -0.05) is 30.3 Å². The average molecular weight is 266 g/mol. The number of aliphatic hydroxyl groups is 1. The molecule has 2 unspecified atom stereocenters. The average Bonchev–Trinajstić information content (AvgIpc) is 2.28. The number of hydrogen-bond acceptors (Lipinski definition) is 4. The molecule has 0 heterocycles. The van der Waals surface area contributed by atoms with Gasteiger partial charge in [-0.15, -0.1) is 0 Å². The molecule has 102 valence electrons. The van der Waals surface area contributed by atoms with Gasteiger partial charge in [0.05, 0.1) is 6.42 Å². The van der Waals surface area contributed by atoms with Crippen molar-refractivity contribution in [1.82, 2.24) is 0 Å². The van der Waals surface area contributed by atoms with Gasteiger partial charge in [0.15, 0.2) is 5.60 Å². The summed E-state index contributed by atoms with van der Waals surface area (Å²) in [4.78, 5) is 33.6. The number of carbonyl (C=O) groups is 3. The van der Waals surface area contributed by atoms with Gasteiger partial charge in [-0.2, -0.15) is 0 Å². The molecule has 7 nitrogen and oxygen atoms in total. The quantitative estimate of drug-likeness (QED) is 0.519. The Kier molecular flexibility index (Phi) is 4.23. The van der Waals surface area contributed by atoms with Gasteiger partial charge in [0, 0.05) is 0 Å². The molecule has 0 aliphatic heterocycles. The smallest absolute Gasteiger partial charge is 0.306 e. The molecule has 2 atom stereocenters. The first-order chi connectivity index (χ1) is 8.79. The molecule has 7 heteroatoms. The van der Waals surface area contributed by atoms with E-state index in [9.17, 15) is 19.5 Å². The van der Waals surface area contributed by atoms with Crippen molar-refractivity contribution in [2.75, 3.05) is 0 Å². The van der Waals surface area contributed by atoms with Crippen LogP contribution in [0, 0.1) is 0 Å². The number of aliphatic carboxylic acids is 1. The topological polar surface area (TPSA) is 144 Å². The van der Waals surface area contributed by atoms with Crippen LogP contribution in [0.3, 0.4) is 0 Å². The van der Waals surface area contributed by atoms with Gasteiger partial charge in [-0.3, -0.25) is 14.4 Å². The first kappa shape index (κ1) is 14.7. The van der Waals surface area contributed by atoms with Gasteiger partial charge in [0.1, 0.15) is 5.92 Å². The lowest BCUT2D eigenvalue weighted by molar-refractivity contribution is -0.155. The third-order valence-electron chi connectivity index (χ3n) is 2.74. The van der Waals surface area contributed by atoms with E-state index in [0.717, 1.165) is 0 Å². The third kappa shape index (κ3) is 3.08. The molecular formula is C12H14N2O5. The molecule has 1 aromatic rings. The number of carboxylic acids is 1. The van der Waals surface area contributed by atoms with Crippen LogP contribution < -0.4 is 11.5 Å². The van der Waals surface area contributed by atoms with Crippen LogP contribution in [0.4, 0.5) is 0 Å². The van der Waals surface area contributed by atoms with Crippen molar-refractivity contribution in [3.63, 3.8) is 0 Å². The summed E-state index contributed by atoms with van der Waals surface area (Å²) in [5.74, 6) is -5.35. The van der Waals surface area contributed by atoms with Crippen molar-refractivity contribution >= 4 is 17.8 Å². The second-order valence-electron chi connectivity index (χ2n) is 4.11. The summed E-state index contributed by atoms with van der Waals surface area (Å²) < 4.78 is 0. The van der Waals surface area contributed by atoms with Crippen LogP contribution in [-0.2, 0) is 14.4 Å². The number of primary amides is 2. The maximum absolute atomic E-state index is 11.5. The van der Waals surface area contributed by atoms with E-state index in [-0.39, 0.29) is 5.56 Å². The van der Waals surface area contributed by atoms with Gasteiger partial charge < -0.3 is 21.7 Å². The predicted octanol–water partition coefficient (Wildman–Crippen LogP) is -1.05.